The molecule has 0 saturated carbocycles. The molecule has 4 aromatic rings. The first-order chi connectivity index (χ1) is 15.9. The van der Waals surface area contributed by atoms with E-state index in [4.69, 9.17) is 25.5 Å². The van der Waals surface area contributed by atoms with E-state index < -0.39 is 9.84 Å². The average molecular weight is 489 g/mol. The van der Waals surface area contributed by atoms with Crippen LogP contribution in [0, 0.1) is 0 Å². The molecule has 2 aromatic heterocycles. The number of aromatic nitrogens is 4. The zero-order valence-corrected chi connectivity index (χ0v) is 19.5. The minimum absolute atomic E-state index is 0.0673. The molecule has 0 N–H and O–H groups in total. The summed E-state index contributed by atoms with van der Waals surface area (Å²) < 4.78 is 44.1. The van der Waals surface area contributed by atoms with Gasteiger partial charge in [0.05, 0.1) is 26.2 Å². The molecule has 0 spiro atoms. The number of aryl methyl sites for hydroxylation is 1. The number of hydrogen-bond acceptors (Lipinski definition) is 8. The van der Waals surface area contributed by atoms with E-state index in [1.165, 1.54) is 26.8 Å². The highest BCUT2D eigenvalue weighted by Crippen LogP contribution is 2.36. The van der Waals surface area contributed by atoms with Crippen molar-refractivity contribution in [3.63, 3.8) is 0 Å². The fourth-order valence-electron chi connectivity index (χ4n) is 3.38. The highest BCUT2D eigenvalue weighted by atomic mass is 35.5. The van der Waals surface area contributed by atoms with Gasteiger partial charge in [-0.15, -0.1) is 10.2 Å². The minimum atomic E-state index is -3.55. The van der Waals surface area contributed by atoms with Crippen molar-refractivity contribution >= 4 is 21.4 Å². The summed E-state index contributed by atoms with van der Waals surface area (Å²) in [4.78, 5) is 3.93. The van der Waals surface area contributed by atoms with E-state index in [2.05, 4.69) is 15.2 Å². The van der Waals surface area contributed by atoms with Crippen molar-refractivity contribution in [1.82, 2.24) is 19.7 Å². The van der Waals surface area contributed by atoms with E-state index in [1.54, 1.807) is 34.9 Å². The zero-order valence-electron chi connectivity index (χ0n) is 17.9. The summed E-state index contributed by atoms with van der Waals surface area (Å²) in [6.45, 7) is 0. The number of rotatable bonds is 9. The van der Waals surface area contributed by atoms with Crippen molar-refractivity contribution in [1.29, 1.82) is 0 Å². The van der Waals surface area contributed by atoms with Crippen LogP contribution in [-0.2, 0) is 22.0 Å². The van der Waals surface area contributed by atoms with Crippen LogP contribution in [-0.4, -0.2) is 48.1 Å². The Kier molecular flexibility index (Phi) is 6.66. The van der Waals surface area contributed by atoms with Crippen LogP contribution >= 0.6 is 11.6 Å². The van der Waals surface area contributed by atoms with E-state index in [1.807, 2.05) is 12.1 Å². The molecule has 0 radical (unpaired) electrons. The van der Waals surface area contributed by atoms with Gasteiger partial charge in [-0.05, 0) is 36.2 Å². The molecule has 2 heterocycles. The van der Waals surface area contributed by atoms with Gasteiger partial charge in [-0.25, -0.2) is 13.4 Å². The maximum Gasteiger partial charge on any atom is 0.206 e. The van der Waals surface area contributed by atoms with Crippen LogP contribution in [0.15, 0.2) is 59.5 Å². The molecular weight excluding hydrogens is 468 g/mol. The molecular formula is C22H21ClN4O5S. The third-order valence-electron chi connectivity index (χ3n) is 4.97. The Bertz CT molecular complexity index is 1310. The number of para-hydroxylation sites is 1. The molecule has 0 saturated heterocycles. The SMILES string of the molecule is COc1cccc(OC)c1-n1c(CS(=O)(=O)CCc2ccc(Cl)cc2)nnc1-c1cnco1. The Hall–Kier alpha value is -3.37. The molecule has 9 nitrogen and oxygen atoms in total. The van der Waals surface area contributed by atoms with Crippen LogP contribution in [0.25, 0.3) is 17.3 Å². The molecule has 0 aliphatic carbocycles. The van der Waals surface area contributed by atoms with Crippen LogP contribution in [0.5, 0.6) is 11.5 Å². The number of hydrogen-bond donors (Lipinski definition) is 0. The monoisotopic (exact) mass is 488 g/mol. The van der Waals surface area contributed by atoms with Crippen molar-refractivity contribution in [2.24, 2.45) is 0 Å². The first-order valence-electron chi connectivity index (χ1n) is 9.91. The number of ether oxygens (including phenoxy) is 2. The largest absolute Gasteiger partial charge is 0.494 e. The number of oxazole rings is 1. The highest BCUT2D eigenvalue weighted by Gasteiger charge is 2.26. The summed E-state index contributed by atoms with van der Waals surface area (Å²) in [6.07, 6.45) is 3.08. The van der Waals surface area contributed by atoms with E-state index >= 15 is 0 Å². The van der Waals surface area contributed by atoms with Crippen LogP contribution in [0.3, 0.4) is 0 Å². The van der Waals surface area contributed by atoms with Crippen LogP contribution < -0.4 is 9.47 Å². The maximum atomic E-state index is 13.0. The predicted octanol–water partition coefficient (Wildman–Crippen LogP) is 3.75. The molecule has 0 aliphatic heterocycles. The van der Waals surface area contributed by atoms with E-state index in [-0.39, 0.29) is 23.2 Å². The minimum Gasteiger partial charge on any atom is -0.494 e. The van der Waals surface area contributed by atoms with Gasteiger partial charge in [-0.2, -0.15) is 0 Å². The standard InChI is InChI=1S/C22H21ClN4O5S/c1-30-17-4-3-5-18(31-2)21(17)27-20(25-26-22(27)19-12-24-14-32-19)13-33(28,29)11-10-15-6-8-16(23)9-7-15/h3-9,12,14H,10-11,13H2,1-2H3. The lowest BCUT2D eigenvalue weighted by Crippen LogP contribution is -2.16. The molecule has 0 atom stereocenters. The van der Waals surface area contributed by atoms with Gasteiger partial charge in [0, 0.05) is 5.02 Å². The second-order valence-electron chi connectivity index (χ2n) is 7.12. The molecule has 0 bridgehead atoms. The summed E-state index contributed by atoms with van der Waals surface area (Å²) in [6, 6.07) is 12.3. The van der Waals surface area contributed by atoms with Crippen molar-refractivity contribution < 1.29 is 22.3 Å². The highest BCUT2D eigenvalue weighted by molar-refractivity contribution is 7.90. The molecule has 0 amide bonds. The molecule has 33 heavy (non-hydrogen) atoms. The normalized spacial score (nSPS) is 11.5. The third-order valence-corrected chi connectivity index (χ3v) is 6.75. The Balaban J connectivity index is 1.73. The third kappa shape index (κ3) is 5.01. The maximum absolute atomic E-state index is 13.0. The van der Waals surface area contributed by atoms with Gasteiger partial charge >= 0.3 is 0 Å². The van der Waals surface area contributed by atoms with Crippen LogP contribution in [0.4, 0.5) is 0 Å². The smallest absolute Gasteiger partial charge is 0.206 e. The van der Waals surface area contributed by atoms with Crippen molar-refractivity contribution in [3.8, 4) is 28.8 Å². The van der Waals surface area contributed by atoms with Gasteiger partial charge in [0.25, 0.3) is 0 Å². The van der Waals surface area contributed by atoms with Crippen molar-refractivity contribution in [3.05, 3.63) is 71.5 Å². The summed E-state index contributed by atoms with van der Waals surface area (Å²) in [5.41, 5.74) is 1.33. The summed E-state index contributed by atoms with van der Waals surface area (Å²) in [5.74, 6) is 1.29. The molecule has 4 rings (SSSR count). The number of sulfone groups is 1. The second kappa shape index (κ2) is 9.63. The molecule has 11 heteroatoms. The van der Waals surface area contributed by atoms with Gasteiger partial charge in [0.15, 0.2) is 27.8 Å². The quantitative estimate of drug-likeness (QED) is 0.350. The number of halogens is 1. The number of methoxy groups -OCH3 is 2. The van der Waals surface area contributed by atoms with Gasteiger partial charge < -0.3 is 13.9 Å². The Morgan fingerprint density at radius 3 is 2.33 bits per heavy atom. The zero-order chi connectivity index (χ0) is 23.4. The molecule has 0 aliphatic rings. The molecule has 0 unspecified atom stereocenters. The Morgan fingerprint density at radius 1 is 1.03 bits per heavy atom. The van der Waals surface area contributed by atoms with Crippen LogP contribution in [0.1, 0.15) is 11.4 Å². The predicted molar refractivity (Wildman–Crippen MR) is 123 cm³/mol. The fourth-order valence-corrected chi connectivity index (χ4v) is 4.77. The summed E-state index contributed by atoms with van der Waals surface area (Å²) in [5, 5.41) is 8.95. The van der Waals surface area contributed by atoms with E-state index in [0.717, 1.165) is 5.56 Å². The van der Waals surface area contributed by atoms with Gasteiger partial charge in [-0.3, -0.25) is 4.57 Å². The summed E-state index contributed by atoms with van der Waals surface area (Å²) >= 11 is 5.91. The van der Waals surface area contributed by atoms with Crippen molar-refractivity contribution in [2.75, 3.05) is 20.0 Å². The van der Waals surface area contributed by atoms with Gasteiger partial charge in [0.1, 0.15) is 22.9 Å². The first kappa shape index (κ1) is 22.8. The lowest BCUT2D eigenvalue weighted by Gasteiger charge is -2.16. The topological polar surface area (TPSA) is 109 Å². The van der Waals surface area contributed by atoms with Crippen LogP contribution in [0.2, 0.25) is 5.02 Å². The summed E-state index contributed by atoms with van der Waals surface area (Å²) in [7, 11) is -0.526. The second-order valence-corrected chi connectivity index (χ2v) is 9.74. The molecule has 2 aromatic carbocycles. The number of benzene rings is 2. The van der Waals surface area contributed by atoms with Gasteiger partial charge in [-0.1, -0.05) is 29.8 Å². The van der Waals surface area contributed by atoms with Gasteiger partial charge in [0.2, 0.25) is 5.82 Å². The first-order valence-corrected chi connectivity index (χ1v) is 12.1. The molecule has 0 fully saturated rings. The van der Waals surface area contributed by atoms with E-state index in [9.17, 15) is 8.42 Å². The lowest BCUT2D eigenvalue weighted by molar-refractivity contribution is 0.390. The number of nitrogens with zero attached hydrogens (tertiary/aromatic N) is 4. The fraction of sp³-hybridized carbons (Fsp3) is 0.227. The van der Waals surface area contributed by atoms with E-state index in [0.29, 0.717) is 34.4 Å². The average Bonchev–Trinajstić information content (AvgIpc) is 3.48. The Labute approximate surface area is 195 Å². The molecule has 172 valence electrons. The van der Waals surface area contributed by atoms with Crippen molar-refractivity contribution in [2.45, 2.75) is 12.2 Å². The lowest BCUT2D eigenvalue weighted by atomic mass is 10.2. The Morgan fingerprint density at radius 2 is 1.73 bits per heavy atom.